The van der Waals surface area contributed by atoms with Crippen LogP contribution in [-0.4, -0.2) is 24.8 Å². The number of nitrogens with one attached hydrogen (secondary N) is 1. The minimum atomic E-state index is 0.453. The Bertz CT molecular complexity index is 268. The van der Waals surface area contributed by atoms with Gasteiger partial charge in [-0.2, -0.15) is 0 Å². The fraction of sp³-hybridized carbons (Fsp3) is 1.00. The van der Waals surface area contributed by atoms with E-state index in [1.807, 2.05) is 0 Å². The topological polar surface area (TPSA) is 21.3 Å². The minimum absolute atomic E-state index is 0.453. The fourth-order valence-electron chi connectivity index (χ4n) is 3.84. The zero-order chi connectivity index (χ0) is 13.8. The van der Waals surface area contributed by atoms with Gasteiger partial charge in [-0.05, 0) is 62.8 Å². The standard InChI is InChI=1S/C17H33NO/c1-5-18-16-9-6-12(2)10-17(16)19-15-8-7-13(3)14(4)11-15/h12-18H,5-11H2,1-4H3. The highest BCUT2D eigenvalue weighted by molar-refractivity contribution is 4.86. The lowest BCUT2D eigenvalue weighted by Gasteiger charge is -2.40. The van der Waals surface area contributed by atoms with Crippen molar-refractivity contribution < 1.29 is 4.74 Å². The Morgan fingerprint density at radius 1 is 0.947 bits per heavy atom. The van der Waals surface area contributed by atoms with Gasteiger partial charge in [0.25, 0.3) is 0 Å². The molecule has 0 spiro atoms. The van der Waals surface area contributed by atoms with Crippen LogP contribution >= 0.6 is 0 Å². The SMILES string of the molecule is CCNC1CCC(C)CC1OC1CCC(C)C(C)C1. The number of hydrogen-bond donors (Lipinski definition) is 1. The monoisotopic (exact) mass is 267 g/mol. The van der Waals surface area contributed by atoms with Gasteiger partial charge in [0.15, 0.2) is 0 Å². The van der Waals surface area contributed by atoms with Crippen LogP contribution < -0.4 is 5.32 Å². The highest BCUT2D eigenvalue weighted by atomic mass is 16.5. The average Bonchev–Trinajstić information content (AvgIpc) is 2.37. The van der Waals surface area contributed by atoms with Gasteiger partial charge in [-0.25, -0.2) is 0 Å². The van der Waals surface area contributed by atoms with Crippen LogP contribution in [0.5, 0.6) is 0 Å². The molecule has 6 unspecified atom stereocenters. The first-order valence-electron chi connectivity index (χ1n) is 8.49. The van der Waals surface area contributed by atoms with Crippen LogP contribution in [0.2, 0.25) is 0 Å². The molecule has 0 saturated heterocycles. The van der Waals surface area contributed by atoms with E-state index in [1.54, 1.807) is 0 Å². The molecule has 2 nitrogen and oxygen atoms in total. The van der Waals surface area contributed by atoms with Crippen molar-refractivity contribution in [1.82, 2.24) is 5.32 Å². The third-order valence-electron chi connectivity index (χ3n) is 5.44. The van der Waals surface area contributed by atoms with Gasteiger partial charge in [0.1, 0.15) is 0 Å². The molecule has 0 bridgehead atoms. The molecule has 0 radical (unpaired) electrons. The molecule has 2 rings (SSSR count). The zero-order valence-electron chi connectivity index (χ0n) is 13.3. The first-order valence-corrected chi connectivity index (χ1v) is 8.49. The van der Waals surface area contributed by atoms with Crippen molar-refractivity contribution >= 4 is 0 Å². The number of ether oxygens (including phenoxy) is 1. The Labute approximate surface area is 119 Å². The van der Waals surface area contributed by atoms with Crippen LogP contribution in [0.3, 0.4) is 0 Å². The van der Waals surface area contributed by atoms with Gasteiger partial charge in [-0.1, -0.05) is 27.7 Å². The lowest BCUT2D eigenvalue weighted by molar-refractivity contribution is -0.0802. The van der Waals surface area contributed by atoms with Crippen LogP contribution in [0.15, 0.2) is 0 Å². The highest BCUT2D eigenvalue weighted by Crippen LogP contribution is 2.34. The van der Waals surface area contributed by atoms with Crippen LogP contribution in [0.25, 0.3) is 0 Å². The molecule has 2 aliphatic carbocycles. The van der Waals surface area contributed by atoms with Crippen LogP contribution in [0, 0.1) is 17.8 Å². The summed E-state index contributed by atoms with van der Waals surface area (Å²) < 4.78 is 6.52. The van der Waals surface area contributed by atoms with Crippen molar-refractivity contribution in [3.63, 3.8) is 0 Å². The van der Waals surface area contributed by atoms with Crippen molar-refractivity contribution in [3.05, 3.63) is 0 Å². The molecule has 6 atom stereocenters. The van der Waals surface area contributed by atoms with Crippen molar-refractivity contribution in [3.8, 4) is 0 Å². The molecule has 1 N–H and O–H groups in total. The minimum Gasteiger partial charge on any atom is -0.373 e. The molecule has 0 aliphatic heterocycles. The van der Waals surface area contributed by atoms with E-state index in [0.29, 0.717) is 18.2 Å². The average molecular weight is 267 g/mol. The maximum Gasteiger partial charge on any atom is 0.0734 e. The molecule has 0 aromatic heterocycles. The van der Waals surface area contributed by atoms with E-state index in [9.17, 15) is 0 Å². The first kappa shape index (κ1) is 15.3. The molecule has 0 aromatic carbocycles. The van der Waals surface area contributed by atoms with Crippen LogP contribution in [-0.2, 0) is 4.74 Å². The predicted octanol–water partition coefficient (Wildman–Crippen LogP) is 3.99. The summed E-state index contributed by atoms with van der Waals surface area (Å²) in [6.45, 7) is 10.4. The lowest BCUT2D eigenvalue weighted by Crippen LogP contribution is -2.47. The molecule has 19 heavy (non-hydrogen) atoms. The second kappa shape index (κ2) is 7.08. The maximum atomic E-state index is 6.52. The van der Waals surface area contributed by atoms with Gasteiger partial charge in [0.2, 0.25) is 0 Å². The van der Waals surface area contributed by atoms with Gasteiger partial charge < -0.3 is 10.1 Å². The fourth-order valence-corrected chi connectivity index (χ4v) is 3.84. The molecular weight excluding hydrogens is 234 g/mol. The normalized spacial score (nSPS) is 44.2. The summed E-state index contributed by atoms with van der Waals surface area (Å²) in [6.07, 6.45) is 8.75. The Kier molecular flexibility index (Phi) is 5.70. The quantitative estimate of drug-likeness (QED) is 0.831. The van der Waals surface area contributed by atoms with Crippen LogP contribution in [0.1, 0.15) is 66.2 Å². The number of rotatable bonds is 4. The van der Waals surface area contributed by atoms with Gasteiger partial charge in [0.05, 0.1) is 12.2 Å². The Hall–Kier alpha value is -0.0800. The Morgan fingerprint density at radius 3 is 2.42 bits per heavy atom. The van der Waals surface area contributed by atoms with Crippen molar-refractivity contribution in [2.45, 2.75) is 84.5 Å². The largest absolute Gasteiger partial charge is 0.373 e. The summed E-state index contributed by atoms with van der Waals surface area (Å²) in [5.74, 6) is 2.55. The van der Waals surface area contributed by atoms with E-state index in [-0.39, 0.29) is 0 Å². The van der Waals surface area contributed by atoms with E-state index in [0.717, 1.165) is 24.3 Å². The smallest absolute Gasteiger partial charge is 0.0734 e. The van der Waals surface area contributed by atoms with E-state index in [4.69, 9.17) is 4.74 Å². The molecule has 0 heterocycles. The molecule has 2 fully saturated rings. The van der Waals surface area contributed by atoms with Crippen molar-refractivity contribution in [2.24, 2.45) is 17.8 Å². The van der Waals surface area contributed by atoms with E-state index >= 15 is 0 Å². The second-order valence-corrected chi connectivity index (χ2v) is 7.15. The predicted molar refractivity (Wildman–Crippen MR) is 81.3 cm³/mol. The van der Waals surface area contributed by atoms with E-state index < -0.39 is 0 Å². The summed E-state index contributed by atoms with van der Waals surface area (Å²) in [6, 6.07) is 0.593. The third kappa shape index (κ3) is 4.19. The lowest BCUT2D eigenvalue weighted by atomic mass is 9.79. The third-order valence-corrected chi connectivity index (χ3v) is 5.44. The summed E-state index contributed by atoms with van der Waals surface area (Å²) >= 11 is 0. The Balaban J connectivity index is 1.87. The van der Waals surface area contributed by atoms with Gasteiger partial charge in [-0.3, -0.25) is 0 Å². The summed E-state index contributed by atoms with van der Waals surface area (Å²) in [7, 11) is 0. The molecule has 2 saturated carbocycles. The van der Waals surface area contributed by atoms with Crippen molar-refractivity contribution in [2.75, 3.05) is 6.54 Å². The Morgan fingerprint density at radius 2 is 1.74 bits per heavy atom. The van der Waals surface area contributed by atoms with Crippen LogP contribution in [0.4, 0.5) is 0 Å². The molecule has 0 amide bonds. The van der Waals surface area contributed by atoms with E-state index in [1.165, 1.54) is 38.5 Å². The molecule has 0 aromatic rings. The summed E-state index contributed by atoms with van der Waals surface area (Å²) in [5, 5.41) is 3.64. The maximum absolute atomic E-state index is 6.52. The van der Waals surface area contributed by atoms with Gasteiger partial charge >= 0.3 is 0 Å². The molecular formula is C17H33NO. The summed E-state index contributed by atoms with van der Waals surface area (Å²) in [4.78, 5) is 0. The van der Waals surface area contributed by atoms with Gasteiger partial charge in [0, 0.05) is 6.04 Å². The molecule has 112 valence electrons. The molecule has 2 heteroatoms. The first-order chi connectivity index (χ1) is 9.10. The second-order valence-electron chi connectivity index (χ2n) is 7.15. The zero-order valence-corrected chi connectivity index (χ0v) is 13.3. The van der Waals surface area contributed by atoms with Crippen molar-refractivity contribution in [1.29, 1.82) is 0 Å². The number of likely N-dealkylation sites (N-methyl/N-ethyl adjacent to an activating group) is 1. The highest BCUT2D eigenvalue weighted by Gasteiger charge is 2.33. The summed E-state index contributed by atoms with van der Waals surface area (Å²) in [5.41, 5.74) is 0. The number of hydrogen-bond acceptors (Lipinski definition) is 2. The van der Waals surface area contributed by atoms with E-state index in [2.05, 4.69) is 33.0 Å². The molecule has 2 aliphatic rings. The van der Waals surface area contributed by atoms with Gasteiger partial charge in [-0.15, -0.1) is 0 Å².